The summed E-state index contributed by atoms with van der Waals surface area (Å²) in [5.41, 5.74) is 1.37. The van der Waals surface area contributed by atoms with Crippen LogP contribution in [0.15, 0.2) is 30.3 Å². The van der Waals surface area contributed by atoms with Crippen LogP contribution in [0.2, 0.25) is 0 Å². The molecule has 0 aliphatic carbocycles. The maximum absolute atomic E-state index is 11.7. The molecule has 0 saturated carbocycles. The van der Waals surface area contributed by atoms with E-state index in [1.807, 2.05) is 0 Å². The maximum atomic E-state index is 11.7. The number of methoxy groups -OCH3 is 1. The second-order valence-electron chi connectivity index (χ2n) is 5.70. The van der Waals surface area contributed by atoms with Crippen LogP contribution in [-0.2, 0) is 16.1 Å². The van der Waals surface area contributed by atoms with Crippen LogP contribution in [0.4, 0.5) is 0 Å². The van der Waals surface area contributed by atoms with Gasteiger partial charge in [0, 0.05) is 59.3 Å². The molecule has 0 radical (unpaired) electrons. The number of nitrogens with zero attached hydrogens (tertiary/aromatic N) is 2. The number of ether oxygens (including phenoxy) is 1. The minimum atomic E-state index is 0.115. The van der Waals surface area contributed by atoms with Gasteiger partial charge in [0.15, 0.2) is 0 Å². The summed E-state index contributed by atoms with van der Waals surface area (Å²) in [5, 5.41) is 2.86. The molecule has 1 aromatic rings. The lowest BCUT2D eigenvalue weighted by molar-refractivity contribution is -0.121. The standard InChI is InChI=1S/C17H27N3O2/c1-22-14-8-18-17(21)7-9-19-10-12-20(13-11-19)15-16-5-3-2-4-6-16/h2-6H,7-15H2,1H3,(H,18,21). The van der Waals surface area contributed by atoms with Crippen LogP contribution in [-0.4, -0.2) is 68.7 Å². The molecule has 0 spiro atoms. The van der Waals surface area contributed by atoms with Gasteiger partial charge in [-0.05, 0) is 5.56 Å². The summed E-state index contributed by atoms with van der Waals surface area (Å²) in [6.45, 7) is 7.25. The van der Waals surface area contributed by atoms with E-state index in [4.69, 9.17) is 4.74 Å². The highest BCUT2D eigenvalue weighted by Gasteiger charge is 2.17. The van der Waals surface area contributed by atoms with Gasteiger partial charge in [0.1, 0.15) is 0 Å². The predicted molar refractivity (Wildman–Crippen MR) is 87.7 cm³/mol. The van der Waals surface area contributed by atoms with Crippen molar-refractivity contribution in [1.82, 2.24) is 15.1 Å². The van der Waals surface area contributed by atoms with Crippen LogP contribution in [0.1, 0.15) is 12.0 Å². The lowest BCUT2D eigenvalue weighted by Crippen LogP contribution is -2.46. The summed E-state index contributed by atoms with van der Waals surface area (Å²) in [5.74, 6) is 0.115. The topological polar surface area (TPSA) is 44.8 Å². The van der Waals surface area contributed by atoms with Gasteiger partial charge in [0.05, 0.1) is 6.61 Å². The summed E-state index contributed by atoms with van der Waals surface area (Å²) in [6.07, 6.45) is 0.572. The quantitative estimate of drug-likeness (QED) is 0.727. The average molecular weight is 305 g/mol. The van der Waals surface area contributed by atoms with Gasteiger partial charge in [0.2, 0.25) is 5.91 Å². The van der Waals surface area contributed by atoms with Gasteiger partial charge in [-0.3, -0.25) is 9.69 Å². The van der Waals surface area contributed by atoms with Crippen molar-refractivity contribution < 1.29 is 9.53 Å². The highest BCUT2D eigenvalue weighted by molar-refractivity contribution is 5.76. The van der Waals surface area contributed by atoms with Crippen molar-refractivity contribution in [2.45, 2.75) is 13.0 Å². The van der Waals surface area contributed by atoms with Crippen LogP contribution in [0.25, 0.3) is 0 Å². The third-order valence-corrected chi connectivity index (χ3v) is 4.00. The lowest BCUT2D eigenvalue weighted by atomic mass is 10.2. The Morgan fingerprint density at radius 2 is 1.82 bits per heavy atom. The van der Waals surface area contributed by atoms with E-state index in [1.165, 1.54) is 5.56 Å². The monoisotopic (exact) mass is 305 g/mol. The number of hydrogen-bond donors (Lipinski definition) is 1. The second-order valence-corrected chi connectivity index (χ2v) is 5.70. The summed E-state index contributed by atoms with van der Waals surface area (Å²) < 4.78 is 4.92. The highest BCUT2D eigenvalue weighted by atomic mass is 16.5. The van der Waals surface area contributed by atoms with E-state index in [1.54, 1.807) is 7.11 Å². The first kappa shape index (κ1) is 16.9. The molecule has 1 aliphatic rings. The van der Waals surface area contributed by atoms with Crippen molar-refractivity contribution in [3.05, 3.63) is 35.9 Å². The molecule has 1 amide bonds. The number of piperazine rings is 1. The Morgan fingerprint density at radius 3 is 2.50 bits per heavy atom. The first-order valence-electron chi connectivity index (χ1n) is 8.02. The van der Waals surface area contributed by atoms with E-state index in [0.717, 1.165) is 39.3 Å². The average Bonchev–Trinajstić information content (AvgIpc) is 2.55. The van der Waals surface area contributed by atoms with Gasteiger partial charge in [-0.25, -0.2) is 0 Å². The fraction of sp³-hybridized carbons (Fsp3) is 0.588. The summed E-state index contributed by atoms with van der Waals surface area (Å²) in [4.78, 5) is 16.5. The Hall–Kier alpha value is -1.43. The summed E-state index contributed by atoms with van der Waals surface area (Å²) in [6, 6.07) is 10.6. The van der Waals surface area contributed by atoms with Gasteiger partial charge in [0.25, 0.3) is 0 Å². The molecule has 2 rings (SSSR count). The molecule has 0 unspecified atom stereocenters. The van der Waals surface area contributed by atoms with Crippen LogP contribution in [0.5, 0.6) is 0 Å². The summed E-state index contributed by atoms with van der Waals surface area (Å²) in [7, 11) is 1.64. The van der Waals surface area contributed by atoms with E-state index < -0.39 is 0 Å². The minimum Gasteiger partial charge on any atom is -0.383 e. The number of carbonyl (C=O) groups is 1. The molecule has 5 heteroatoms. The Bertz CT molecular complexity index is 431. The van der Waals surface area contributed by atoms with Crippen LogP contribution < -0.4 is 5.32 Å². The van der Waals surface area contributed by atoms with Crippen LogP contribution in [0, 0.1) is 0 Å². The molecule has 122 valence electrons. The molecular formula is C17H27N3O2. The molecule has 0 bridgehead atoms. The number of nitrogens with one attached hydrogen (secondary N) is 1. The zero-order valence-electron chi connectivity index (χ0n) is 13.5. The molecule has 1 N–H and O–H groups in total. The van der Waals surface area contributed by atoms with Crippen LogP contribution >= 0.6 is 0 Å². The third-order valence-electron chi connectivity index (χ3n) is 4.00. The van der Waals surface area contributed by atoms with Gasteiger partial charge in [-0.15, -0.1) is 0 Å². The fourth-order valence-corrected chi connectivity index (χ4v) is 2.65. The number of amides is 1. The Morgan fingerprint density at radius 1 is 1.14 bits per heavy atom. The largest absolute Gasteiger partial charge is 0.383 e. The van der Waals surface area contributed by atoms with Crippen molar-refractivity contribution in [2.24, 2.45) is 0 Å². The predicted octanol–water partition coefficient (Wildman–Crippen LogP) is 0.957. The van der Waals surface area contributed by atoms with Gasteiger partial charge >= 0.3 is 0 Å². The molecule has 1 heterocycles. The SMILES string of the molecule is COCCNC(=O)CCN1CCN(Cc2ccccc2)CC1. The fourth-order valence-electron chi connectivity index (χ4n) is 2.65. The van der Waals surface area contributed by atoms with E-state index in [-0.39, 0.29) is 5.91 Å². The molecule has 1 saturated heterocycles. The third kappa shape index (κ3) is 6.13. The molecule has 1 fully saturated rings. The maximum Gasteiger partial charge on any atom is 0.221 e. The Labute approximate surface area is 133 Å². The summed E-state index contributed by atoms with van der Waals surface area (Å²) >= 11 is 0. The first-order chi connectivity index (χ1) is 10.8. The minimum absolute atomic E-state index is 0.115. The van der Waals surface area contributed by atoms with E-state index in [0.29, 0.717) is 19.6 Å². The number of rotatable bonds is 8. The molecular weight excluding hydrogens is 278 g/mol. The van der Waals surface area contributed by atoms with Crippen molar-refractivity contribution in [2.75, 3.05) is 53.0 Å². The zero-order valence-corrected chi connectivity index (χ0v) is 13.5. The Balaban J connectivity index is 1.60. The molecule has 0 aromatic heterocycles. The molecule has 5 nitrogen and oxygen atoms in total. The van der Waals surface area contributed by atoms with Crippen molar-refractivity contribution in [3.63, 3.8) is 0 Å². The van der Waals surface area contributed by atoms with Crippen molar-refractivity contribution in [3.8, 4) is 0 Å². The molecule has 1 aliphatic heterocycles. The number of carbonyl (C=O) groups excluding carboxylic acids is 1. The normalized spacial score (nSPS) is 16.6. The highest BCUT2D eigenvalue weighted by Crippen LogP contribution is 2.08. The van der Waals surface area contributed by atoms with Gasteiger partial charge < -0.3 is 15.0 Å². The van der Waals surface area contributed by atoms with Crippen LogP contribution in [0.3, 0.4) is 0 Å². The molecule has 1 aromatic carbocycles. The van der Waals surface area contributed by atoms with E-state index in [2.05, 4.69) is 45.4 Å². The zero-order chi connectivity index (χ0) is 15.6. The lowest BCUT2D eigenvalue weighted by Gasteiger charge is -2.34. The second kappa shape index (κ2) is 9.56. The van der Waals surface area contributed by atoms with Crippen molar-refractivity contribution in [1.29, 1.82) is 0 Å². The Kier molecular flexibility index (Phi) is 7.36. The number of benzene rings is 1. The smallest absolute Gasteiger partial charge is 0.221 e. The van der Waals surface area contributed by atoms with E-state index >= 15 is 0 Å². The molecule has 0 atom stereocenters. The van der Waals surface area contributed by atoms with Gasteiger partial charge in [-0.2, -0.15) is 0 Å². The van der Waals surface area contributed by atoms with E-state index in [9.17, 15) is 4.79 Å². The number of hydrogen-bond acceptors (Lipinski definition) is 4. The first-order valence-corrected chi connectivity index (χ1v) is 8.02. The van der Waals surface area contributed by atoms with Gasteiger partial charge in [-0.1, -0.05) is 30.3 Å². The molecule has 22 heavy (non-hydrogen) atoms. The van der Waals surface area contributed by atoms with Crippen molar-refractivity contribution >= 4 is 5.91 Å².